The molecule has 0 amide bonds. The highest BCUT2D eigenvalue weighted by atomic mass is 35.5. The minimum absolute atomic E-state index is 0. The van der Waals surface area contributed by atoms with Crippen molar-refractivity contribution in [3.8, 4) is 0 Å². The molecule has 1 unspecified atom stereocenters. The molecule has 0 aromatic heterocycles. The molecule has 1 fully saturated rings. The predicted molar refractivity (Wildman–Crippen MR) is 30.6 cm³/mol. The third kappa shape index (κ3) is 2.10. The maximum atomic E-state index is 9.25. The normalized spacial score (nSPS) is 34.0. The summed E-state index contributed by atoms with van der Waals surface area (Å²) in [6.07, 6.45) is 0.684. The fourth-order valence-electron chi connectivity index (χ4n) is 0.757. The van der Waals surface area contributed by atoms with Crippen molar-refractivity contribution in [3.05, 3.63) is 0 Å². The van der Waals surface area contributed by atoms with E-state index in [1.807, 2.05) is 0 Å². The summed E-state index contributed by atoms with van der Waals surface area (Å²) in [6, 6.07) is 0. The molecule has 56 valence electrons. The topological polar surface area (TPSA) is 55.5 Å². The Hall–Kier alpha value is 0.170. The van der Waals surface area contributed by atoms with E-state index in [-0.39, 0.29) is 13.8 Å². The van der Waals surface area contributed by atoms with Crippen molar-refractivity contribution in [2.24, 2.45) is 5.73 Å². The molecule has 0 spiro atoms. The summed E-state index contributed by atoms with van der Waals surface area (Å²) in [4.78, 5) is 0. The van der Waals surface area contributed by atoms with Crippen LogP contribution in [0.15, 0.2) is 0 Å². The molecule has 0 radical (unpaired) electrons. The van der Waals surface area contributed by atoms with Crippen LogP contribution in [0.4, 0.5) is 0 Å². The summed E-state index contributed by atoms with van der Waals surface area (Å²) >= 11 is 0. The van der Waals surface area contributed by atoms with Crippen molar-refractivity contribution >= 4 is 0 Å². The van der Waals surface area contributed by atoms with Crippen molar-refractivity contribution in [3.63, 3.8) is 0 Å². The van der Waals surface area contributed by atoms with Crippen LogP contribution in [0.3, 0.4) is 0 Å². The second kappa shape index (κ2) is 3.37. The zero-order chi connectivity index (χ0) is 6.04. The van der Waals surface area contributed by atoms with Crippen LogP contribution in [0.5, 0.6) is 0 Å². The highest BCUT2D eigenvalue weighted by Crippen LogP contribution is 2.15. The number of nitrogens with two attached hydrogens (primary N) is 1. The van der Waals surface area contributed by atoms with Gasteiger partial charge in [0, 0.05) is 19.6 Å². The smallest absolute Gasteiger partial charge is 1.00 e. The van der Waals surface area contributed by atoms with Gasteiger partial charge < -0.3 is 28.0 Å². The third-order valence-corrected chi connectivity index (χ3v) is 1.46. The molecule has 0 saturated carbocycles. The van der Waals surface area contributed by atoms with E-state index in [1.165, 1.54) is 0 Å². The van der Waals surface area contributed by atoms with Gasteiger partial charge in [-0.25, -0.2) is 0 Å². The summed E-state index contributed by atoms with van der Waals surface area (Å²) in [6.45, 7) is 1.37. The first-order valence-corrected chi connectivity index (χ1v) is 2.77. The van der Waals surface area contributed by atoms with Crippen LogP contribution in [0.1, 0.15) is 7.85 Å². The van der Waals surface area contributed by atoms with Gasteiger partial charge in [-0.2, -0.15) is 0 Å². The number of hydrogen-bond acceptors (Lipinski definition) is 3. The molecule has 1 aliphatic heterocycles. The van der Waals surface area contributed by atoms with E-state index >= 15 is 0 Å². The SMILES string of the molecule is NCC1(O)CCOC1.[Cl-].[H+]. The van der Waals surface area contributed by atoms with Gasteiger partial charge in [0.2, 0.25) is 0 Å². The Kier molecular flexibility index (Phi) is 3.43. The van der Waals surface area contributed by atoms with Gasteiger partial charge in [-0.3, -0.25) is 0 Å². The molecule has 1 aliphatic rings. The number of halogens is 1. The maximum absolute atomic E-state index is 9.25. The standard InChI is InChI=1S/C5H11NO2.ClH/c6-3-5(7)1-2-8-4-5;/h7H,1-4,6H2;1H. The quantitative estimate of drug-likeness (QED) is 0.407. The second-order valence-corrected chi connectivity index (χ2v) is 2.23. The Balaban J connectivity index is 0. The minimum atomic E-state index is -0.708. The second-order valence-electron chi connectivity index (χ2n) is 2.23. The van der Waals surface area contributed by atoms with Crippen LogP contribution in [-0.4, -0.2) is 30.5 Å². The maximum Gasteiger partial charge on any atom is 1.00 e. The highest BCUT2D eigenvalue weighted by molar-refractivity contribution is 4.82. The van der Waals surface area contributed by atoms with E-state index < -0.39 is 5.60 Å². The summed E-state index contributed by atoms with van der Waals surface area (Å²) in [5, 5.41) is 9.25. The van der Waals surface area contributed by atoms with Crippen molar-refractivity contribution in [2.45, 2.75) is 12.0 Å². The Morgan fingerprint density at radius 2 is 2.44 bits per heavy atom. The monoisotopic (exact) mass is 153 g/mol. The van der Waals surface area contributed by atoms with Gasteiger partial charge in [-0.1, -0.05) is 0 Å². The molecule has 0 aromatic rings. The molecule has 3 nitrogen and oxygen atoms in total. The number of rotatable bonds is 1. The lowest BCUT2D eigenvalue weighted by Gasteiger charge is -2.15. The lowest BCUT2D eigenvalue weighted by molar-refractivity contribution is -0.00000889. The van der Waals surface area contributed by atoms with Gasteiger partial charge in [-0.15, -0.1) is 0 Å². The van der Waals surface area contributed by atoms with Crippen molar-refractivity contribution in [2.75, 3.05) is 19.8 Å². The van der Waals surface area contributed by atoms with Crippen LogP contribution in [0.25, 0.3) is 0 Å². The average molecular weight is 154 g/mol. The average Bonchev–Trinajstić information content (AvgIpc) is 2.17. The first-order chi connectivity index (χ1) is 3.77. The molecule has 0 bridgehead atoms. The summed E-state index contributed by atoms with van der Waals surface area (Å²) in [5.41, 5.74) is 4.53. The Morgan fingerprint density at radius 1 is 1.78 bits per heavy atom. The zero-order valence-corrected chi connectivity index (χ0v) is 5.90. The van der Waals surface area contributed by atoms with E-state index in [0.717, 1.165) is 0 Å². The fourth-order valence-corrected chi connectivity index (χ4v) is 0.757. The van der Waals surface area contributed by atoms with Crippen LogP contribution in [0.2, 0.25) is 0 Å². The molecule has 1 atom stereocenters. The zero-order valence-electron chi connectivity index (χ0n) is 6.14. The van der Waals surface area contributed by atoms with Gasteiger partial charge >= 0.3 is 1.43 Å². The van der Waals surface area contributed by atoms with E-state index in [0.29, 0.717) is 26.2 Å². The number of hydrogen-bond donors (Lipinski definition) is 2. The molecule has 0 aromatic carbocycles. The van der Waals surface area contributed by atoms with E-state index in [9.17, 15) is 5.11 Å². The molecule has 0 aliphatic carbocycles. The molecule has 1 saturated heterocycles. The van der Waals surface area contributed by atoms with Gasteiger partial charge in [0.05, 0.1) is 6.61 Å². The molecule has 9 heavy (non-hydrogen) atoms. The Labute approximate surface area is 62.1 Å². The lowest BCUT2D eigenvalue weighted by Crippen LogP contribution is -3.00. The summed E-state index contributed by atoms with van der Waals surface area (Å²) in [5.74, 6) is 0. The molecule has 1 rings (SSSR count). The van der Waals surface area contributed by atoms with E-state index in [1.54, 1.807) is 0 Å². The lowest BCUT2D eigenvalue weighted by atomic mass is 10.1. The summed E-state index contributed by atoms with van der Waals surface area (Å²) in [7, 11) is 0. The van der Waals surface area contributed by atoms with Crippen LogP contribution < -0.4 is 18.1 Å². The largest absolute Gasteiger partial charge is 1.00 e. The molecule has 3 N–H and O–H groups in total. The fraction of sp³-hybridized carbons (Fsp3) is 1.00. The van der Waals surface area contributed by atoms with Gasteiger partial charge in [0.15, 0.2) is 0 Å². The Bertz CT molecular complexity index is 87.7. The van der Waals surface area contributed by atoms with Crippen molar-refractivity contribution in [1.82, 2.24) is 0 Å². The molecule has 1 heterocycles. The molecular weight excluding hydrogens is 142 g/mol. The van der Waals surface area contributed by atoms with Crippen LogP contribution >= 0.6 is 0 Å². The predicted octanol–water partition coefficient (Wildman–Crippen LogP) is -3.79. The van der Waals surface area contributed by atoms with Crippen molar-refractivity contribution in [1.29, 1.82) is 0 Å². The minimum Gasteiger partial charge on any atom is -1.00 e. The third-order valence-electron chi connectivity index (χ3n) is 1.46. The van der Waals surface area contributed by atoms with E-state index in [4.69, 9.17) is 10.5 Å². The van der Waals surface area contributed by atoms with Crippen molar-refractivity contribution < 1.29 is 23.7 Å². The highest BCUT2D eigenvalue weighted by Gasteiger charge is 2.29. The Morgan fingerprint density at radius 3 is 2.67 bits per heavy atom. The van der Waals surface area contributed by atoms with E-state index in [2.05, 4.69) is 0 Å². The number of ether oxygens (including phenoxy) is 1. The van der Waals surface area contributed by atoms with Gasteiger partial charge in [0.1, 0.15) is 5.60 Å². The van der Waals surface area contributed by atoms with Gasteiger partial charge in [0.25, 0.3) is 0 Å². The van der Waals surface area contributed by atoms with Crippen LogP contribution in [0, 0.1) is 0 Å². The molecular formula is C5H12ClNO2. The first kappa shape index (κ1) is 9.17. The first-order valence-electron chi connectivity index (χ1n) is 2.77. The van der Waals surface area contributed by atoms with Crippen LogP contribution in [-0.2, 0) is 4.74 Å². The summed E-state index contributed by atoms with van der Waals surface area (Å²) < 4.78 is 4.92. The molecule has 4 heteroatoms. The number of aliphatic hydroxyl groups is 1. The van der Waals surface area contributed by atoms with Gasteiger partial charge in [-0.05, 0) is 0 Å².